The Kier molecular flexibility index (Phi) is 7.05. The summed E-state index contributed by atoms with van der Waals surface area (Å²) in [6.45, 7) is 4.06. The van der Waals surface area contributed by atoms with Crippen molar-refractivity contribution in [2.24, 2.45) is 0 Å². The zero-order chi connectivity index (χ0) is 16.2. The first-order valence-corrected chi connectivity index (χ1v) is 8.99. The Morgan fingerprint density at radius 3 is 2.70 bits per heavy atom. The molecule has 128 valence electrons. The molecule has 1 heterocycles. The highest BCUT2D eigenvalue weighted by Gasteiger charge is 2.11. The van der Waals surface area contributed by atoms with Gasteiger partial charge in [-0.15, -0.1) is 12.4 Å². The molecule has 23 heavy (non-hydrogen) atoms. The summed E-state index contributed by atoms with van der Waals surface area (Å²) in [7, 11) is -3.37. The Bertz CT molecular complexity index is 702. The number of anilines is 1. The molecule has 0 aliphatic carbocycles. The molecule has 6 nitrogen and oxygen atoms in total. The Morgan fingerprint density at radius 1 is 1.35 bits per heavy atom. The van der Waals surface area contributed by atoms with Crippen LogP contribution in [-0.2, 0) is 10.0 Å². The van der Waals surface area contributed by atoms with Crippen molar-refractivity contribution in [1.29, 1.82) is 0 Å². The number of nitrogens with one attached hydrogen (secondary N) is 3. The van der Waals surface area contributed by atoms with Gasteiger partial charge in [0, 0.05) is 18.7 Å². The molecule has 0 radical (unpaired) electrons. The Hall–Kier alpha value is -1.57. The van der Waals surface area contributed by atoms with E-state index >= 15 is 0 Å². The largest absolute Gasteiger partial charge is 0.348 e. The van der Waals surface area contributed by atoms with Crippen LogP contribution in [0.2, 0.25) is 0 Å². The number of hydrogen-bond donors (Lipinski definition) is 3. The number of carbonyl (C=O) groups is 1. The molecule has 1 aliphatic heterocycles. The third kappa shape index (κ3) is 6.21. The molecular weight excluding hydrogens is 338 g/mol. The van der Waals surface area contributed by atoms with Gasteiger partial charge < -0.3 is 10.6 Å². The predicted octanol–water partition coefficient (Wildman–Crippen LogP) is 1.44. The van der Waals surface area contributed by atoms with Crippen LogP contribution >= 0.6 is 12.4 Å². The first kappa shape index (κ1) is 19.5. The van der Waals surface area contributed by atoms with Gasteiger partial charge in [0.1, 0.15) is 0 Å². The minimum atomic E-state index is -3.37. The van der Waals surface area contributed by atoms with Crippen molar-refractivity contribution in [2.45, 2.75) is 13.3 Å². The number of carbonyl (C=O) groups excluding carboxylic acids is 1. The summed E-state index contributed by atoms with van der Waals surface area (Å²) in [5.74, 6) is -0.212. The third-order valence-electron chi connectivity index (χ3n) is 3.43. The standard InChI is InChI=1S/C15H21N3O3S.ClH/c1-11-3-4-13(9-14(11)18-22(2,20)21)15(19)17-10-12-5-7-16-8-6-12;/h3-5,9,16,18H,6-8,10H2,1-2H3,(H,17,19);1H. The van der Waals surface area contributed by atoms with Crippen molar-refractivity contribution >= 4 is 34.0 Å². The summed E-state index contributed by atoms with van der Waals surface area (Å²) in [6.07, 6.45) is 4.09. The molecule has 0 fully saturated rings. The number of sulfonamides is 1. The van der Waals surface area contributed by atoms with Crippen LogP contribution in [0.15, 0.2) is 29.8 Å². The second-order valence-electron chi connectivity index (χ2n) is 5.40. The van der Waals surface area contributed by atoms with Gasteiger partial charge in [-0.3, -0.25) is 9.52 Å². The lowest BCUT2D eigenvalue weighted by molar-refractivity contribution is 0.0956. The van der Waals surface area contributed by atoms with E-state index in [2.05, 4.69) is 21.4 Å². The van der Waals surface area contributed by atoms with Crippen LogP contribution in [0.25, 0.3) is 0 Å². The van der Waals surface area contributed by atoms with Gasteiger partial charge in [0.2, 0.25) is 10.0 Å². The van der Waals surface area contributed by atoms with Crippen LogP contribution < -0.4 is 15.4 Å². The topological polar surface area (TPSA) is 87.3 Å². The fraction of sp³-hybridized carbons (Fsp3) is 0.400. The van der Waals surface area contributed by atoms with Gasteiger partial charge in [-0.2, -0.15) is 0 Å². The monoisotopic (exact) mass is 359 g/mol. The van der Waals surface area contributed by atoms with Gasteiger partial charge in [0.15, 0.2) is 0 Å². The molecular formula is C15H22ClN3O3S. The van der Waals surface area contributed by atoms with Crippen LogP contribution in [0.1, 0.15) is 22.3 Å². The van der Waals surface area contributed by atoms with E-state index in [9.17, 15) is 13.2 Å². The number of aryl methyl sites for hydroxylation is 1. The maximum atomic E-state index is 12.2. The summed E-state index contributed by atoms with van der Waals surface area (Å²) >= 11 is 0. The zero-order valence-electron chi connectivity index (χ0n) is 13.2. The quantitative estimate of drug-likeness (QED) is 0.694. The predicted molar refractivity (Wildman–Crippen MR) is 94.8 cm³/mol. The van der Waals surface area contributed by atoms with E-state index in [1.807, 2.05) is 0 Å². The third-order valence-corrected chi connectivity index (χ3v) is 4.02. The molecule has 8 heteroatoms. The molecule has 1 aromatic rings. The van der Waals surface area contributed by atoms with Crippen LogP contribution in [0.4, 0.5) is 5.69 Å². The van der Waals surface area contributed by atoms with Gasteiger partial charge in [-0.25, -0.2) is 8.42 Å². The summed E-state index contributed by atoms with van der Waals surface area (Å²) in [6, 6.07) is 4.98. The Balaban J connectivity index is 0.00000264. The Morgan fingerprint density at radius 2 is 2.09 bits per heavy atom. The van der Waals surface area contributed by atoms with E-state index in [1.165, 1.54) is 5.57 Å². The maximum Gasteiger partial charge on any atom is 0.251 e. The summed E-state index contributed by atoms with van der Waals surface area (Å²) in [4.78, 5) is 12.2. The van der Waals surface area contributed by atoms with Crippen molar-refractivity contribution < 1.29 is 13.2 Å². The minimum Gasteiger partial charge on any atom is -0.348 e. The van der Waals surface area contributed by atoms with Crippen molar-refractivity contribution in [2.75, 3.05) is 30.6 Å². The normalized spacial score (nSPS) is 14.4. The molecule has 1 aliphatic rings. The van der Waals surface area contributed by atoms with E-state index in [-0.39, 0.29) is 18.3 Å². The highest BCUT2D eigenvalue weighted by Crippen LogP contribution is 2.18. The van der Waals surface area contributed by atoms with Crippen LogP contribution in [-0.4, -0.2) is 40.2 Å². The lowest BCUT2D eigenvalue weighted by Gasteiger charge is -2.15. The molecule has 0 aromatic heterocycles. The molecule has 0 bridgehead atoms. The summed E-state index contributed by atoms with van der Waals surface area (Å²) < 4.78 is 25.1. The fourth-order valence-corrected chi connectivity index (χ4v) is 2.82. The highest BCUT2D eigenvalue weighted by atomic mass is 35.5. The fourth-order valence-electron chi connectivity index (χ4n) is 2.20. The van der Waals surface area contributed by atoms with E-state index < -0.39 is 10.0 Å². The molecule has 0 spiro atoms. The minimum absolute atomic E-state index is 0. The zero-order valence-corrected chi connectivity index (χ0v) is 14.8. The summed E-state index contributed by atoms with van der Waals surface area (Å²) in [5, 5.41) is 6.08. The van der Waals surface area contributed by atoms with E-state index in [0.29, 0.717) is 17.8 Å². The summed E-state index contributed by atoms with van der Waals surface area (Å²) in [5.41, 5.74) is 2.83. The van der Waals surface area contributed by atoms with Crippen molar-refractivity contribution in [1.82, 2.24) is 10.6 Å². The molecule has 0 unspecified atom stereocenters. The van der Waals surface area contributed by atoms with Crippen LogP contribution in [0.3, 0.4) is 0 Å². The lowest BCUT2D eigenvalue weighted by Crippen LogP contribution is -2.29. The molecule has 0 saturated carbocycles. The van der Waals surface area contributed by atoms with Crippen molar-refractivity contribution in [3.05, 3.63) is 41.0 Å². The smallest absolute Gasteiger partial charge is 0.251 e. The van der Waals surface area contributed by atoms with Crippen LogP contribution in [0.5, 0.6) is 0 Å². The van der Waals surface area contributed by atoms with E-state index in [4.69, 9.17) is 0 Å². The molecule has 0 saturated heterocycles. The molecule has 1 amide bonds. The second-order valence-corrected chi connectivity index (χ2v) is 7.15. The average Bonchev–Trinajstić information content (AvgIpc) is 2.47. The van der Waals surface area contributed by atoms with Gasteiger partial charge in [0.25, 0.3) is 5.91 Å². The highest BCUT2D eigenvalue weighted by molar-refractivity contribution is 7.92. The first-order valence-electron chi connectivity index (χ1n) is 7.10. The van der Waals surface area contributed by atoms with E-state index in [0.717, 1.165) is 31.3 Å². The van der Waals surface area contributed by atoms with Gasteiger partial charge >= 0.3 is 0 Å². The molecule has 3 N–H and O–H groups in total. The Labute approximate surface area is 143 Å². The number of hydrogen-bond acceptors (Lipinski definition) is 4. The molecule has 0 atom stereocenters. The lowest BCUT2D eigenvalue weighted by atomic mass is 10.1. The van der Waals surface area contributed by atoms with Crippen molar-refractivity contribution in [3.8, 4) is 0 Å². The molecule has 2 rings (SSSR count). The average molecular weight is 360 g/mol. The van der Waals surface area contributed by atoms with Crippen molar-refractivity contribution in [3.63, 3.8) is 0 Å². The van der Waals surface area contributed by atoms with Gasteiger partial charge in [-0.1, -0.05) is 17.7 Å². The number of amides is 1. The SMILES string of the molecule is Cc1ccc(C(=O)NCC2=CCNCC2)cc1NS(C)(=O)=O.Cl. The first-order chi connectivity index (χ1) is 10.3. The van der Waals surface area contributed by atoms with E-state index in [1.54, 1.807) is 25.1 Å². The number of halogens is 1. The second kappa shape index (κ2) is 8.33. The maximum absolute atomic E-state index is 12.2. The molecule has 1 aromatic carbocycles. The number of benzene rings is 1. The van der Waals surface area contributed by atoms with Gasteiger partial charge in [0.05, 0.1) is 11.9 Å². The van der Waals surface area contributed by atoms with Gasteiger partial charge in [-0.05, 0) is 37.6 Å². The van der Waals surface area contributed by atoms with Crippen LogP contribution in [0, 0.1) is 6.92 Å². The number of rotatable bonds is 5.